The van der Waals surface area contributed by atoms with Crippen molar-refractivity contribution >= 4 is 17.6 Å². The molecule has 0 radical (unpaired) electrons. The standard InChI is InChI=1S/C16H17N3O4/c1-3-9-19(11-15(20)17-14-8-10-23-18-14)16(21)12-4-6-13(22-2)7-5-12/h3-8,10H,1,9,11H2,2H3,(H,17,18,20). The summed E-state index contributed by atoms with van der Waals surface area (Å²) in [5, 5.41) is 6.13. The fourth-order valence-corrected chi connectivity index (χ4v) is 1.92. The van der Waals surface area contributed by atoms with Gasteiger partial charge in [0.1, 0.15) is 18.6 Å². The number of aromatic nitrogens is 1. The Kier molecular flexibility index (Phi) is 5.51. The molecule has 0 spiro atoms. The monoisotopic (exact) mass is 315 g/mol. The summed E-state index contributed by atoms with van der Waals surface area (Å²) < 4.78 is 9.69. The van der Waals surface area contributed by atoms with Crippen molar-refractivity contribution in [1.29, 1.82) is 0 Å². The first-order chi connectivity index (χ1) is 11.1. The zero-order chi connectivity index (χ0) is 16.7. The highest BCUT2D eigenvalue weighted by molar-refractivity contribution is 5.99. The van der Waals surface area contributed by atoms with E-state index in [1.165, 1.54) is 17.2 Å². The van der Waals surface area contributed by atoms with Crippen LogP contribution in [0.25, 0.3) is 0 Å². The van der Waals surface area contributed by atoms with Crippen LogP contribution in [-0.4, -0.2) is 42.1 Å². The van der Waals surface area contributed by atoms with Crippen molar-refractivity contribution in [2.24, 2.45) is 0 Å². The van der Waals surface area contributed by atoms with Crippen molar-refractivity contribution in [3.05, 3.63) is 54.8 Å². The predicted molar refractivity (Wildman–Crippen MR) is 84.2 cm³/mol. The first-order valence-electron chi connectivity index (χ1n) is 6.88. The maximum absolute atomic E-state index is 12.5. The molecule has 2 amide bonds. The highest BCUT2D eigenvalue weighted by atomic mass is 16.5. The van der Waals surface area contributed by atoms with Crippen molar-refractivity contribution in [3.63, 3.8) is 0 Å². The van der Waals surface area contributed by atoms with Crippen LogP contribution in [0.4, 0.5) is 5.82 Å². The Hall–Kier alpha value is -3.09. The number of carbonyl (C=O) groups is 2. The van der Waals surface area contributed by atoms with Gasteiger partial charge in [0, 0.05) is 18.2 Å². The van der Waals surface area contributed by atoms with Crippen molar-refractivity contribution in [3.8, 4) is 5.75 Å². The Labute approximate surface area is 133 Å². The second-order valence-electron chi connectivity index (χ2n) is 4.64. The number of rotatable bonds is 7. The second-order valence-corrected chi connectivity index (χ2v) is 4.64. The summed E-state index contributed by atoms with van der Waals surface area (Å²) in [5.74, 6) is 0.302. The zero-order valence-corrected chi connectivity index (χ0v) is 12.7. The van der Waals surface area contributed by atoms with Gasteiger partial charge in [-0.25, -0.2) is 0 Å². The van der Waals surface area contributed by atoms with E-state index in [0.717, 1.165) is 0 Å². The third-order valence-electron chi connectivity index (χ3n) is 3.01. The van der Waals surface area contributed by atoms with Crippen LogP contribution in [0.1, 0.15) is 10.4 Å². The average molecular weight is 315 g/mol. The SMILES string of the molecule is C=CCN(CC(=O)Nc1ccon1)C(=O)c1ccc(OC)cc1. The molecule has 1 aromatic heterocycles. The fourth-order valence-electron chi connectivity index (χ4n) is 1.92. The van der Waals surface area contributed by atoms with Gasteiger partial charge in [-0.05, 0) is 24.3 Å². The van der Waals surface area contributed by atoms with Crippen LogP contribution < -0.4 is 10.1 Å². The van der Waals surface area contributed by atoms with E-state index in [0.29, 0.717) is 17.1 Å². The van der Waals surface area contributed by atoms with Crippen LogP contribution in [0.3, 0.4) is 0 Å². The van der Waals surface area contributed by atoms with Crippen molar-refractivity contribution < 1.29 is 18.8 Å². The summed E-state index contributed by atoms with van der Waals surface area (Å²) in [6.45, 7) is 3.74. The summed E-state index contributed by atoms with van der Waals surface area (Å²) >= 11 is 0. The molecule has 0 unspecified atom stereocenters. The van der Waals surface area contributed by atoms with E-state index in [1.807, 2.05) is 0 Å². The van der Waals surface area contributed by atoms with Crippen LogP contribution in [0, 0.1) is 0 Å². The van der Waals surface area contributed by atoms with Gasteiger partial charge in [-0.2, -0.15) is 0 Å². The molecule has 0 saturated carbocycles. The summed E-state index contributed by atoms with van der Waals surface area (Å²) in [5.41, 5.74) is 0.460. The minimum absolute atomic E-state index is 0.121. The molecule has 2 rings (SSSR count). The lowest BCUT2D eigenvalue weighted by atomic mass is 10.2. The van der Waals surface area contributed by atoms with Gasteiger partial charge in [0.2, 0.25) is 5.91 Å². The summed E-state index contributed by atoms with van der Waals surface area (Å²) in [4.78, 5) is 25.9. The lowest BCUT2D eigenvalue weighted by Crippen LogP contribution is -2.38. The van der Waals surface area contributed by atoms with Gasteiger partial charge in [0.25, 0.3) is 5.91 Å². The number of methoxy groups -OCH3 is 1. The molecule has 0 aliphatic rings. The Morgan fingerprint density at radius 1 is 1.35 bits per heavy atom. The minimum atomic E-state index is -0.373. The maximum Gasteiger partial charge on any atom is 0.254 e. The molecule has 0 atom stereocenters. The first kappa shape index (κ1) is 16.3. The van der Waals surface area contributed by atoms with Crippen molar-refractivity contribution in [1.82, 2.24) is 10.1 Å². The number of nitrogens with one attached hydrogen (secondary N) is 1. The quantitative estimate of drug-likeness (QED) is 0.789. The van der Waals surface area contributed by atoms with E-state index in [4.69, 9.17) is 4.74 Å². The molecule has 0 saturated heterocycles. The highest BCUT2D eigenvalue weighted by Gasteiger charge is 2.18. The molecule has 7 heteroatoms. The summed E-state index contributed by atoms with van der Waals surface area (Å²) in [6, 6.07) is 8.18. The summed E-state index contributed by atoms with van der Waals surface area (Å²) in [6.07, 6.45) is 2.91. The molecule has 2 aromatic rings. The molecule has 1 heterocycles. The van der Waals surface area contributed by atoms with E-state index in [9.17, 15) is 9.59 Å². The molecule has 1 N–H and O–H groups in total. The van der Waals surface area contributed by atoms with E-state index < -0.39 is 0 Å². The lowest BCUT2D eigenvalue weighted by Gasteiger charge is -2.20. The minimum Gasteiger partial charge on any atom is -0.497 e. The number of carbonyl (C=O) groups excluding carboxylic acids is 2. The van der Waals surface area contributed by atoms with E-state index in [2.05, 4.69) is 21.6 Å². The molecule has 1 aromatic carbocycles. The third-order valence-corrected chi connectivity index (χ3v) is 3.01. The predicted octanol–water partition coefficient (Wildman–Crippen LogP) is 1.95. The summed E-state index contributed by atoms with van der Waals surface area (Å²) in [7, 11) is 1.55. The topological polar surface area (TPSA) is 84.7 Å². The lowest BCUT2D eigenvalue weighted by molar-refractivity contribution is -0.116. The average Bonchev–Trinajstić information content (AvgIpc) is 3.06. The van der Waals surface area contributed by atoms with Gasteiger partial charge >= 0.3 is 0 Å². The molecule has 0 aliphatic carbocycles. The van der Waals surface area contributed by atoms with Crippen LogP contribution in [0.15, 0.2) is 53.8 Å². The van der Waals surface area contributed by atoms with Crippen LogP contribution >= 0.6 is 0 Å². The zero-order valence-electron chi connectivity index (χ0n) is 12.7. The van der Waals surface area contributed by atoms with Crippen LogP contribution in [-0.2, 0) is 4.79 Å². The van der Waals surface area contributed by atoms with Gasteiger partial charge in [0.05, 0.1) is 7.11 Å². The van der Waals surface area contributed by atoms with Gasteiger partial charge in [0.15, 0.2) is 5.82 Å². The number of amides is 2. The van der Waals surface area contributed by atoms with Crippen LogP contribution in [0.2, 0.25) is 0 Å². The molecule has 23 heavy (non-hydrogen) atoms. The number of anilines is 1. The fraction of sp³-hybridized carbons (Fsp3) is 0.188. The molecular weight excluding hydrogens is 298 g/mol. The molecule has 0 aliphatic heterocycles. The Balaban J connectivity index is 2.05. The Morgan fingerprint density at radius 3 is 2.65 bits per heavy atom. The number of hydrogen-bond acceptors (Lipinski definition) is 5. The molecule has 7 nitrogen and oxygen atoms in total. The first-order valence-corrected chi connectivity index (χ1v) is 6.88. The van der Waals surface area contributed by atoms with Gasteiger partial charge < -0.3 is 19.5 Å². The number of benzene rings is 1. The van der Waals surface area contributed by atoms with E-state index in [1.54, 1.807) is 37.5 Å². The van der Waals surface area contributed by atoms with Crippen LogP contribution in [0.5, 0.6) is 5.75 Å². The van der Waals surface area contributed by atoms with Crippen molar-refractivity contribution in [2.45, 2.75) is 0 Å². The molecule has 120 valence electrons. The van der Waals surface area contributed by atoms with E-state index >= 15 is 0 Å². The third kappa shape index (κ3) is 4.44. The smallest absolute Gasteiger partial charge is 0.254 e. The molecule has 0 fully saturated rings. The molecular formula is C16H17N3O4. The number of hydrogen-bond donors (Lipinski definition) is 1. The van der Waals surface area contributed by atoms with Crippen molar-refractivity contribution in [2.75, 3.05) is 25.5 Å². The van der Waals surface area contributed by atoms with Gasteiger partial charge in [-0.1, -0.05) is 11.2 Å². The largest absolute Gasteiger partial charge is 0.497 e. The Bertz CT molecular complexity index is 665. The maximum atomic E-state index is 12.5. The number of nitrogens with zero attached hydrogens (tertiary/aromatic N) is 2. The highest BCUT2D eigenvalue weighted by Crippen LogP contribution is 2.13. The number of ether oxygens (including phenoxy) is 1. The Morgan fingerprint density at radius 2 is 2.09 bits per heavy atom. The van der Waals surface area contributed by atoms with E-state index in [-0.39, 0.29) is 24.9 Å². The van der Waals surface area contributed by atoms with Gasteiger partial charge in [-0.3, -0.25) is 9.59 Å². The molecule has 0 bridgehead atoms. The second kappa shape index (κ2) is 7.79. The van der Waals surface area contributed by atoms with Gasteiger partial charge in [-0.15, -0.1) is 6.58 Å². The normalized spacial score (nSPS) is 9.96.